The summed E-state index contributed by atoms with van der Waals surface area (Å²) >= 11 is 0. The highest BCUT2D eigenvalue weighted by atomic mass is 16.3. The molecule has 0 saturated carbocycles. The summed E-state index contributed by atoms with van der Waals surface area (Å²) in [6.07, 6.45) is 0.483. The zero-order chi connectivity index (χ0) is 16.1. The van der Waals surface area contributed by atoms with Gasteiger partial charge in [-0.2, -0.15) is 5.26 Å². The van der Waals surface area contributed by atoms with Crippen molar-refractivity contribution in [3.05, 3.63) is 71.1 Å². The molecule has 110 valence electrons. The van der Waals surface area contributed by atoms with Crippen molar-refractivity contribution in [1.29, 1.82) is 5.26 Å². The molecule has 5 heteroatoms. The molecule has 1 aromatic carbocycles. The van der Waals surface area contributed by atoms with Gasteiger partial charge < -0.3 is 10.4 Å². The molecule has 1 heterocycles. The zero-order valence-electron chi connectivity index (χ0n) is 12.1. The number of nitriles is 1. The maximum Gasteiger partial charge on any atom is 0.269 e. The molecule has 0 aliphatic heterocycles. The lowest BCUT2D eigenvalue weighted by molar-refractivity contribution is 0.0958. The van der Waals surface area contributed by atoms with Gasteiger partial charge in [0.15, 0.2) is 0 Å². The highest BCUT2D eigenvalue weighted by Gasteiger charge is 2.11. The van der Waals surface area contributed by atoms with Crippen LogP contribution in [0.2, 0.25) is 0 Å². The minimum atomic E-state index is -0.329. The molecule has 0 aliphatic rings. The topological polar surface area (TPSA) is 86.0 Å². The van der Waals surface area contributed by atoms with Gasteiger partial charge in [-0.3, -0.25) is 4.79 Å². The normalized spacial score (nSPS) is 9.82. The number of benzene rings is 1. The van der Waals surface area contributed by atoms with E-state index in [2.05, 4.69) is 22.9 Å². The third-order valence-corrected chi connectivity index (χ3v) is 3.14. The lowest BCUT2D eigenvalue weighted by Gasteiger charge is -2.08. The molecular weight excluding hydrogens is 278 g/mol. The molecule has 2 rings (SSSR count). The summed E-state index contributed by atoms with van der Waals surface area (Å²) in [6, 6.07) is 12.4. The molecule has 1 amide bonds. The van der Waals surface area contributed by atoms with Gasteiger partial charge in [0.1, 0.15) is 11.5 Å². The second kappa shape index (κ2) is 6.55. The van der Waals surface area contributed by atoms with Gasteiger partial charge in [-0.15, -0.1) is 0 Å². The van der Waals surface area contributed by atoms with Crippen molar-refractivity contribution in [3.63, 3.8) is 0 Å². The van der Waals surface area contributed by atoms with Crippen LogP contribution in [0.1, 0.15) is 32.9 Å². The Morgan fingerprint density at radius 2 is 2.05 bits per heavy atom. The molecule has 2 N–H and O–H groups in total. The molecule has 0 fully saturated rings. The lowest BCUT2D eigenvalue weighted by Crippen LogP contribution is -2.20. The number of nitrogens with zero attached hydrogens (tertiary/aromatic N) is 2. The standard InChI is InChI=1S/C17H15N3O2/c1-11(21)14-8-15(20-16(9-14)17(22)19-2)7-12-3-5-13(10-18)6-4-12/h3-6,8-9,21H,1,7H2,2H3,(H,19,22). The SMILES string of the molecule is C=C(O)c1cc(Cc2ccc(C#N)cc2)nc(C(=O)NC)c1. The minimum Gasteiger partial charge on any atom is -0.508 e. The monoisotopic (exact) mass is 293 g/mol. The molecule has 0 atom stereocenters. The largest absolute Gasteiger partial charge is 0.508 e. The number of aliphatic hydroxyl groups excluding tert-OH is 1. The zero-order valence-corrected chi connectivity index (χ0v) is 12.1. The van der Waals surface area contributed by atoms with E-state index in [1.54, 1.807) is 18.2 Å². The number of aromatic nitrogens is 1. The van der Waals surface area contributed by atoms with Gasteiger partial charge in [0.2, 0.25) is 0 Å². The summed E-state index contributed by atoms with van der Waals surface area (Å²) in [5.41, 5.74) is 2.85. The number of pyridine rings is 1. The van der Waals surface area contributed by atoms with Crippen molar-refractivity contribution in [2.45, 2.75) is 6.42 Å². The predicted molar refractivity (Wildman–Crippen MR) is 83.3 cm³/mol. The lowest BCUT2D eigenvalue weighted by atomic mass is 10.0. The van der Waals surface area contributed by atoms with E-state index < -0.39 is 0 Å². The summed E-state index contributed by atoms with van der Waals surface area (Å²) in [7, 11) is 1.52. The number of amides is 1. The van der Waals surface area contributed by atoms with Crippen molar-refractivity contribution in [1.82, 2.24) is 10.3 Å². The molecule has 0 radical (unpaired) electrons. The van der Waals surface area contributed by atoms with Crippen molar-refractivity contribution < 1.29 is 9.90 Å². The number of hydrogen-bond donors (Lipinski definition) is 2. The molecular formula is C17H15N3O2. The second-order valence-electron chi connectivity index (χ2n) is 4.74. The second-order valence-corrected chi connectivity index (χ2v) is 4.74. The molecule has 5 nitrogen and oxygen atoms in total. The first-order chi connectivity index (χ1) is 10.5. The average Bonchev–Trinajstić information content (AvgIpc) is 2.54. The van der Waals surface area contributed by atoms with Crippen LogP contribution < -0.4 is 5.32 Å². The van der Waals surface area contributed by atoms with Gasteiger partial charge in [0.05, 0.1) is 11.6 Å². The summed E-state index contributed by atoms with van der Waals surface area (Å²) < 4.78 is 0. The first-order valence-electron chi connectivity index (χ1n) is 6.64. The first kappa shape index (κ1) is 15.3. The van der Waals surface area contributed by atoms with Gasteiger partial charge >= 0.3 is 0 Å². The van der Waals surface area contributed by atoms with Gasteiger partial charge in [0.25, 0.3) is 5.91 Å². The van der Waals surface area contributed by atoms with Crippen LogP contribution in [0.3, 0.4) is 0 Å². The van der Waals surface area contributed by atoms with E-state index in [0.717, 1.165) is 5.56 Å². The van der Waals surface area contributed by atoms with Crippen molar-refractivity contribution in [3.8, 4) is 6.07 Å². The van der Waals surface area contributed by atoms with Crippen LogP contribution in [0.4, 0.5) is 0 Å². The van der Waals surface area contributed by atoms with E-state index in [0.29, 0.717) is 23.2 Å². The fraction of sp³-hybridized carbons (Fsp3) is 0.118. The van der Waals surface area contributed by atoms with Crippen molar-refractivity contribution in [2.75, 3.05) is 7.05 Å². The Morgan fingerprint density at radius 1 is 1.36 bits per heavy atom. The number of carbonyl (C=O) groups excluding carboxylic acids is 1. The predicted octanol–water partition coefficient (Wildman–Crippen LogP) is 2.43. The molecule has 0 saturated heterocycles. The number of rotatable bonds is 4. The van der Waals surface area contributed by atoms with E-state index >= 15 is 0 Å². The Morgan fingerprint density at radius 3 is 2.59 bits per heavy atom. The summed E-state index contributed by atoms with van der Waals surface area (Å²) in [5, 5.41) is 20.9. The van der Waals surface area contributed by atoms with E-state index in [1.165, 1.54) is 13.1 Å². The maximum absolute atomic E-state index is 11.8. The van der Waals surface area contributed by atoms with E-state index in [1.807, 2.05) is 12.1 Å². The fourth-order valence-electron chi connectivity index (χ4n) is 2.00. The van der Waals surface area contributed by atoms with Crippen molar-refractivity contribution >= 4 is 11.7 Å². The fourth-order valence-corrected chi connectivity index (χ4v) is 2.00. The Labute approximate surface area is 128 Å². The molecule has 2 aromatic rings. The molecule has 0 spiro atoms. The number of hydrogen-bond acceptors (Lipinski definition) is 4. The van der Waals surface area contributed by atoms with Gasteiger partial charge in [-0.05, 0) is 29.8 Å². The molecule has 1 aromatic heterocycles. The molecule has 22 heavy (non-hydrogen) atoms. The van der Waals surface area contributed by atoms with Gasteiger partial charge in [-0.25, -0.2) is 4.98 Å². The van der Waals surface area contributed by atoms with Crippen LogP contribution in [-0.4, -0.2) is 23.0 Å². The maximum atomic E-state index is 11.8. The van der Waals surface area contributed by atoms with E-state index in [4.69, 9.17) is 5.26 Å². The van der Waals surface area contributed by atoms with Crippen LogP contribution in [0.25, 0.3) is 5.76 Å². The van der Waals surface area contributed by atoms with Gasteiger partial charge in [0, 0.05) is 24.7 Å². The third kappa shape index (κ3) is 3.49. The van der Waals surface area contributed by atoms with Crippen LogP contribution in [0.5, 0.6) is 0 Å². The van der Waals surface area contributed by atoms with Gasteiger partial charge in [-0.1, -0.05) is 18.7 Å². The Kier molecular flexibility index (Phi) is 4.54. The number of carbonyl (C=O) groups is 1. The third-order valence-electron chi connectivity index (χ3n) is 3.14. The van der Waals surface area contributed by atoms with Crippen LogP contribution in [0, 0.1) is 11.3 Å². The first-order valence-corrected chi connectivity index (χ1v) is 6.64. The highest BCUT2D eigenvalue weighted by molar-refractivity contribution is 5.92. The smallest absolute Gasteiger partial charge is 0.269 e. The van der Waals surface area contributed by atoms with E-state index in [9.17, 15) is 9.90 Å². The summed E-state index contributed by atoms with van der Waals surface area (Å²) in [5.74, 6) is -0.446. The number of aliphatic hydroxyl groups is 1. The van der Waals surface area contributed by atoms with Crippen LogP contribution in [0.15, 0.2) is 43.0 Å². The Balaban J connectivity index is 2.36. The average molecular weight is 293 g/mol. The number of nitrogens with one attached hydrogen (secondary N) is 1. The Hall–Kier alpha value is -3.13. The molecule has 0 unspecified atom stereocenters. The highest BCUT2D eigenvalue weighted by Crippen LogP contribution is 2.16. The molecule has 0 aliphatic carbocycles. The Bertz CT molecular complexity index is 758. The van der Waals surface area contributed by atoms with Crippen LogP contribution >= 0.6 is 0 Å². The van der Waals surface area contributed by atoms with Crippen molar-refractivity contribution in [2.24, 2.45) is 0 Å². The minimum absolute atomic E-state index is 0.117. The quantitative estimate of drug-likeness (QED) is 0.848. The summed E-state index contributed by atoms with van der Waals surface area (Å²) in [4.78, 5) is 16.1. The summed E-state index contributed by atoms with van der Waals surface area (Å²) in [6.45, 7) is 3.48. The van der Waals surface area contributed by atoms with E-state index in [-0.39, 0.29) is 17.4 Å². The molecule has 0 bridgehead atoms. The van der Waals surface area contributed by atoms with Crippen LogP contribution in [-0.2, 0) is 6.42 Å².